The van der Waals surface area contributed by atoms with E-state index in [0.717, 1.165) is 42.3 Å². The van der Waals surface area contributed by atoms with Crippen LogP contribution in [-0.4, -0.2) is 39.7 Å². The van der Waals surface area contributed by atoms with Crippen molar-refractivity contribution in [1.82, 2.24) is 20.0 Å². The Kier molecular flexibility index (Phi) is 6.33. The fourth-order valence-corrected chi connectivity index (χ4v) is 3.95. The maximum absolute atomic E-state index is 11.1. The molecule has 1 atom stereocenters. The number of hydrogen-bond donors (Lipinski definition) is 1. The molecule has 1 aromatic heterocycles. The van der Waals surface area contributed by atoms with E-state index in [4.69, 9.17) is 11.6 Å². The Bertz CT molecular complexity index is 758. The van der Waals surface area contributed by atoms with Gasteiger partial charge in [-0.3, -0.25) is 14.4 Å². The van der Waals surface area contributed by atoms with Crippen molar-refractivity contribution in [2.75, 3.05) is 13.1 Å². The van der Waals surface area contributed by atoms with E-state index < -0.39 is 0 Å². The topological polar surface area (TPSA) is 50.2 Å². The minimum atomic E-state index is 0.0443. The van der Waals surface area contributed by atoms with E-state index in [1.807, 2.05) is 29.9 Å². The van der Waals surface area contributed by atoms with E-state index in [9.17, 15) is 4.79 Å². The van der Waals surface area contributed by atoms with Crippen LogP contribution in [0.5, 0.6) is 0 Å². The van der Waals surface area contributed by atoms with Crippen LogP contribution in [-0.2, 0) is 18.4 Å². The normalized spacial score (nSPS) is 18.0. The molecular weight excluding hydrogens is 348 g/mol. The summed E-state index contributed by atoms with van der Waals surface area (Å²) < 4.78 is 1.88. The van der Waals surface area contributed by atoms with Crippen molar-refractivity contribution in [3.8, 4) is 11.3 Å². The van der Waals surface area contributed by atoms with Gasteiger partial charge in [0.1, 0.15) is 0 Å². The number of rotatable bonds is 6. The molecule has 1 aromatic carbocycles. The first kappa shape index (κ1) is 18.9. The number of likely N-dealkylation sites (tertiary alicyclic amines) is 1. The third-order valence-corrected chi connectivity index (χ3v) is 5.21. The van der Waals surface area contributed by atoms with Crippen LogP contribution >= 0.6 is 11.6 Å². The van der Waals surface area contributed by atoms with Crippen LogP contribution in [0.15, 0.2) is 30.5 Å². The molecule has 140 valence electrons. The lowest BCUT2D eigenvalue weighted by molar-refractivity contribution is -0.119. The minimum Gasteiger partial charge on any atom is -0.356 e. The highest BCUT2D eigenvalue weighted by molar-refractivity contribution is 6.30. The van der Waals surface area contributed by atoms with Crippen molar-refractivity contribution in [2.24, 2.45) is 7.05 Å². The molecule has 0 radical (unpaired) electrons. The Labute approximate surface area is 160 Å². The number of piperidine rings is 1. The van der Waals surface area contributed by atoms with Crippen molar-refractivity contribution >= 4 is 17.5 Å². The standard InChI is InChI=1S/C20H27ClN4O/c1-15(26)22-10-9-19-8-3-4-11-25(19)14-17-13-24(2)23-20(17)16-6-5-7-18(21)12-16/h5-7,12-13,19H,3-4,8-11,14H2,1-2H3,(H,22,26)/t19-/m0/s1. The van der Waals surface area contributed by atoms with Gasteiger partial charge in [0.15, 0.2) is 0 Å². The quantitative estimate of drug-likeness (QED) is 0.840. The van der Waals surface area contributed by atoms with Gasteiger partial charge in [-0.1, -0.05) is 30.2 Å². The van der Waals surface area contributed by atoms with Gasteiger partial charge < -0.3 is 5.32 Å². The number of carbonyl (C=O) groups excluding carboxylic acids is 1. The summed E-state index contributed by atoms with van der Waals surface area (Å²) in [5.74, 6) is 0.0443. The third-order valence-electron chi connectivity index (χ3n) is 4.98. The lowest BCUT2D eigenvalue weighted by atomic mass is 9.98. The van der Waals surface area contributed by atoms with Crippen LogP contribution in [0.1, 0.15) is 38.2 Å². The van der Waals surface area contributed by atoms with Crippen molar-refractivity contribution < 1.29 is 4.79 Å². The molecule has 1 aliphatic heterocycles. The van der Waals surface area contributed by atoms with Gasteiger partial charge in [-0.05, 0) is 37.9 Å². The van der Waals surface area contributed by atoms with E-state index in [2.05, 4.69) is 27.6 Å². The predicted octanol–water partition coefficient (Wildman–Crippen LogP) is 3.62. The monoisotopic (exact) mass is 374 g/mol. The summed E-state index contributed by atoms with van der Waals surface area (Å²) in [4.78, 5) is 13.7. The van der Waals surface area contributed by atoms with E-state index in [1.165, 1.54) is 24.8 Å². The summed E-state index contributed by atoms with van der Waals surface area (Å²) in [6, 6.07) is 8.38. The summed E-state index contributed by atoms with van der Waals surface area (Å²) in [6.07, 6.45) is 6.77. The summed E-state index contributed by atoms with van der Waals surface area (Å²) in [5, 5.41) is 8.33. The molecule has 1 aliphatic rings. The summed E-state index contributed by atoms with van der Waals surface area (Å²) >= 11 is 6.17. The average molecular weight is 375 g/mol. The highest BCUT2D eigenvalue weighted by Gasteiger charge is 2.24. The number of nitrogens with one attached hydrogen (secondary N) is 1. The first-order chi connectivity index (χ1) is 12.5. The number of amides is 1. The molecule has 1 saturated heterocycles. The van der Waals surface area contributed by atoms with Gasteiger partial charge in [0.05, 0.1) is 5.69 Å². The second-order valence-corrected chi connectivity index (χ2v) is 7.52. The summed E-state index contributed by atoms with van der Waals surface area (Å²) in [6.45, 7) is 4.28. The summed E-state index contributed by atoms with van der Waals surface area (Å²) in [5.41, 5.74) is 3.28. The van der Waals surface area contributed by atoms with Crippen LogP contribution in [0, 0.1) is 0 Å². The van der Waals surface area contributed by atoms with Crippen LogP contribution in [0.3, 0.4) is 0 Å². The molecule has 1 fully saturated rings. The number of aryl methyl sites for hydroxylation is 1. The molecule has 2 heterocycles. The molecule has 0 bridgehead atoms. The van der Waals surface area contributed by atoms with Gasteiger partial charge >= 0.3 is 0 Å². The SMILES string of the molecule is CC(=O)NCC[C@@H]1CCCCN1Cc1cn(C)nc1-c1cccc(Cl)c1. The van der Waals surface area contributed by atoms with Gasteiger partial charge in [0.25, 0.3) is 0 Å². The molecular formula is C20H27ClN4O. The highest BCUT2D eigenvalue weighted by Crippen LogP contribution is 2.28. The van der Waals surface area contributed by atoms with Gasteiger partial charge in [-0.15, -0.1) is 0 Å². The second-order valence-electron chi connectivity index (χ2n) is 7.08. The molecule has 0 aliphatic carbocycles. The predicted molar refractivity (Wildman–Crippen MR) is 105 cm³/mol. The number of carbonyl (C=O) groups is 1. The Hall–Kier alpha value is -1.85. The van der Waals surface area contributed by atoms with Crippen molar-refractivity contribution in [3.63, 3.8) is 0 Å². The number of nitrogens with zero attached hydrogens (tertiary/aromatic N) is 3. The van der Waals surface area contributed by atoms with Crippen molar-refractivity contribution in [1.29, 1.82) is 0 Å². The molecule has 5 nitrogen and oxygen atoms in total. The van der Waals surface area contributed by atoms with Crippen LogP contribution in [0.4, 0.5) is 0 Å². The van der Waals surface area contributed by atoms with Gasteiger partial charge in [-0.25, -0.2) is 0 Å². The molecule has 26 heavy (non-hydrogen) atoms. The Morgan fingerprint density at radius 1 is 1.38 bits per heavy atom. The number of benzene rings is 1. The molecule has 0 spiro atoms. The van der Waals surface area contributed by atoms with Gasteiger partial charge in [-0.2, -0.15) is 5.10 Å². The minimum absolute atomic E-state index is 0.0443. The fraction of sp³-hybridized carbons (Fsp3) is 0.500. The van der Waals surface area contributed by atoms with Gasteiger partial charge in [0, 0.05) is 55.4 Å². The van der Waals surface area contributed by atoms with Crippen LogP contribution in [0.2, 0.25) is 5.02 Å². The Morgan fingerprint density at radius 3 is 3.00 bits per heavy atom. The fourth-order valence-electron chi connectivity index (χ4n) is 3.76. The molecule has 1 amide bonds. The highest BCUT2D eigenvalue weighted by atomic mass is 35.5. The molecule has 6 heteroatoms. The van der Waals surface area contributed by atoms with E-state index in [-0.39, 0.29) is 5.91 Å². The average Bonchev–Trinajstić information content (AvgIpc) is 2.96. The first-order valence-electron chi connectivity index (χ1n) is 9.30. The lowest BCUT2D eigenvalue weighted by Gasteiger charge is -2.35. The second kappa shape index (κ2) is 8.69. The first-order valence-corrected chi connectivity index (χ1v) is 9.67. The number of hydrogen-bond acceptors (Lipinski definition) is 3. The van der Waals surface area contributed by atoms with Crippen molar-refractivity contribution in [3.05, 3.63) is 41.0 Å². The lowest BCUT2D eigenvalue weighted by Crippen LogP contribution is -2.41. The maximum Gasteiger partial charge on any atom is 0.216 e. The largest absolute Gasteiger partial charge is 0.356 e. The zero-order chi connectivity index (χ0) is 18.5. The van der Waals surface area contributed by atoms with Gasteiger partial charge in [0.2, 0.25) is 5.91 Å². The maximum atomic E-state index is 11.1. The Morgan fingerprint density at radius 2 is 2.23 bits per heavy atom. The molecule has 1 N–H and O–H groups in total. The number of aromatic nitrogens is 2. The van der Waals surface area contributed by atoms with Crippen LogP contribution < -0.4 is 5.32 Å². The van der Waals surface area contributed by atoms with Crippen LogP contribution in [0.25, 0.3) is 11.3 Å². The Balaban J connectivity index is 1.75. The molecule has 0 unspecified atom stereocenters. The zero-order valence-electron chi connectivity index (χ0n) is 15.5. The smallest absolute Gasteiger partial charge is 0.216 e. The number of halogens is 1. The van der Waals surface area contributed by atoms with E-state index in [0.29, 0.717) is 6.04 Å². The zero-order valence-corrected chi connectivity index (χ0v) is 16.3. The molecule has 2 aromatic rings. The van der Waals surface area contributed by atoms with E-state index in [1.54, 1.807) is 6.92 Å². The van der Waals surface area contributed by atoms with E-state index >= 15 is 0 Å². The third kappa shape index (κ3) is 4.86. The van der Waals surface area contributed by atoms with Crippen molar-refractivity contribution in [2.45, 2.75) is 45.2 Å². The summed E-state index contributed by atoms with van der Waals surface area (Å²) in [7, 11) is 1.96. The molecule has 0 saturated carbocycles. The molecule has 3 rings (SSSR count).